The van der Waals surface area contributed by atoms with E-state index in [-0.39, 0.29) is 165 Å². The highest BCUT2D eigenvalue weighted by atomic mass is 32.2. The first kappa shape index (κ1) is 90.1. The van der Waals surface area contributed by atoms with Crippen molar-refractivity contribution in [2.75, 3.05) is 78.1 Å². The van der Waals surface area contributed by atoms with E-state index in [1.165, 1.54) is 11.8 Å². The third-order valence-electron chi connectivity index (χ3n) is 10.5. The Hall–Kier alpha value is -2.31. The second kappa shape index (κ2) is 53.4. The number of ether oxygens (including phenoxy) is 9. The zero-order chi connectivity index (χ0) is 64.4. The lowest BCUT2D eigenvalue weighted by Crippen LogP contribution is -2.55. The summed E-state index contributed by atoms with van der Waals surface area (Å²) in [5.74, 6) is -2.84. The molecule has 0 aliphatic heterocycles. The molecule has 3 N–H and O–H groups in total. The van der Waals surface area contributed by atoms with Crippen LogP contribution in [0, 0.1) is 5.41 Å². The number of hydrogen-bond donors (Lipinski definition) is 8. The number of thioether (sulfide) groups is 1. The zero-order valence-electron chi connectivity index (χ0n) is 50.9. The van der Waals surface area contributed by atoms with Crippen LogP contribution in [0.2, 0.25) is 0 Å². The highest BCUT2D eigenvalue weighted by Gasteiger charge is 2.36. The molecule has 0 fully saturated rings. The van der Waals surface area contributed by atoms with Crippen LogP contribution in [0.4, 0.5) is 0 Å². The fraction of sp³-hybridized carbons (Fsp3) is 0.811. The summed E-state index contributed by atoms with van der Waals surface area (Å²) in [5.41, 5.74) is -3.80. The third-order valence-corrected chi connectivity index (χ3v) is 12.4. The maximum absolute atomic E-state index is 12.9. The van der Waals surface area contributed by atoms with Crippen molar-refractivity contribution >= 4 is 155 Å². The summed E-state index contributed by atoms with van der Waals surface area (Å²) >= 11 is 30.4. The van der Waals surface area contributed by atoms with E-state index < -0.39 is 58.6 Å². The monoisotopic (exact) mass is 1400 g/mol. The smallest absolute Gasteiger partial charge is 0.336 e. The van der Waals surface area contributed by atoms with Gasteiger partial charge in [0.05, 0.1) is 95.8 Å². The average molecular weight is 1400 g/mol. The molecule has 504 valence electrons. The van der Waals surface area contributed by atoms with Crippen LogP contribution in [0.1, 0.15) is 126 Å². The molecular weight excluding hydrogens is 1300 g/mol. The van der Waals surface area contributed by atoms with Crippen molar-refractivity contribution in [1.82, 2.24) is 13.7 Å². The number of aliphatic hydroxyl groups is 1. The van der Waals surface area contributed by atoms with Gasteiger partial charge in [-0.15, -0.1) is 0 Å². The van der Waals surface area contributed by atoms with Gasteiger partial charge in [0.15, 0.2) is 6.29 Å². The number of hydrogen-bond acceptors (Lipinski definition) is 28. The van der Waals surface area contributed by atoms with E-state index in [4.69, 9.17) is 42.6 Å². The van der Waals surface area contributed by atoms with E-state index in [1.807, 2.05) is 27.7 Å². The largest absolute Gasteiger partial charge is 0.466 e. The van der Waals surface area contributed by atoms with Crippen LogP contribution >= 0.6 is 114 Å². The van der Waals surface area contributed by atoms with Crippen molar-refractivity contribution in [3.05, 3.63) is 31.5 Å². The number of aliphatic hydroxyl groups excluding tert-OH is 1. The highest BCUT2D eigenvalue weighted by molar-refractivity contribution is 7.99. The van der Waals surface area contributed by atoms with Crippen molar-refractivity contribution < 1.29 is 86.8 Å². The molecule has 0 amide bonds. The van der Waals surface area contributed by atoms with E-state index in [2.05, 4.69) is 88.4 Å². The summed E-state index contributed by atoms with van der Waals surface area (Å²) in [7, 11) is 0. The minimum Gasteiger partial charge on any atom is -0.466 e. The molecule has 0 saturated heterocycles. The number of esters is 7. The molecule has 0 radical (unpaired) electrons. The minimum atomic E-state index is -0.969. The molecule has 0 spiro atoms. The van der Waals surface area contributed by atoms with E-state index in [9.17, 15) is 53.1 Å². The lowest BCUT2D eigenvalue weighted by Gasteiger charge is -2.33. The molecule has 86 heavy (non-hydrogen) atoms. The Morgan fingerprint density at radius 2 is 0.756 bits per heavy atom. The summed E-state index contributed by atoms with van der Waals surface area (Å²) in [6, 6.07) is 0. The zero-order valence-corrected chi connectivity index (χ0v) is 59.0. The van der Waals surface area contributed by atoms with Crippen LogP contribution in [0.5, 0.6) is 0 Å². The lowest BCUT2D eigenvalue weighted by atomic mass is 9.92. The number of unbranched alkanes of at least 4 members (excludes halogenated alkanes) is 1. The van der Waals surface area contributed by atoms with E-state index in [0.717, 1.165) is 26.5 Å². The van der Waals surface area contributed by atoms with E-state index >= 15 is 0 Å². The number of carbonyl (C=O) groups excluding carboxylic acids is 7. The van der Waals surface area contributed by atoms with Gasteiger partial charge in [-0.25, -0.2) is 28.1 Å². The van der Waals surface area contributed by atoms with Gasteiger partial charge in [0, 0.05) is 43.4 Å². The van der Waals surface area contributed by atoms with Gasteiger partial charge in [-0.1, -0.05) is 61.8 Å². The molecule has 0 aliphatic rings. The third kappa shape index (κ3) is 48.5. The summed E-state index contributed by atoms with van der Waals surface area (Å²) in [6.45, 7) is 13.9. The normalized spacial score (nSPS) is 14.2. The van der Waals surface area contributed by atoms with Gasteiger partial charge in [-0.05, 0) is 31.9 Å². The number of aromatic nitrogens is 3. The first-order valence-corrected chi connectivity index (χ1v) is 32.6. The van der Waals surface area contributed by atoms with Crippen LogP contribution in [0.15, 0.2) is 14.4 Å². The second-order valence-electron chi connectivity index (χ2n) is 19.9. The standard InChI is InChI=1S/C21H40O7S3.C20H31N3O9S3.C12H22O4S2.H2O.H2S/c1-5-6-18(22)26-12-21(11-25-8-7-15(2)29,13-27-19(23)9-16(3)30)14-28-20(24)10-17(4)31;1-13(33)10-15(24)30-7-4-21-18(27)22(5-8-31-16(25)11-14(2)34)20(29)23(19(21)28)6-9-32-17(26)12-35-3;1-9(17)7-11(13)15-5-3-4-6-16-12(14)8-10(2)18;;/h15-18,22,29-31H,5-14H2,1-4H3;13-14,33-34H,4-12H2,1-3H3;9-10,17-18H,3-8H2,1-2H3;2*1H2. The fourth-order valence-electron chi connectivity index (χ4n) is 6.41. The Morgan fingerprint density at radius 1 is 0.453 bits per heavy atom. The Morgan fingerprint density at radius 3 is 1.05 bits per heavy atom. The molecule has 0 aromatic carbocycles. The maximum Gasteiger partial charge on any atom is 0.336 e. The van der Waals surface area contributed by atoms with E-state index in [0.29, 0.717) is 51.9 Å². The maximum atomic E-state index is 12.9. The molecule has 1 aromatic heterocycles. The summed E-state index contributed by atoms with van der Waals surface area (Å²) in [5, 5.41) is 9.49. The molecule has 1 rings (SSSR count). The van der Waals surface area contributed by atoms with Gasteiger partial charge in [-0.2, -0.15) is 114 Å². The van der Waals surface area contributed by atoms with Crippen LogP contribution < -0.4 is 17.1 Å². The average Bonchev–Trinajstić information content (AvgIpc) is 1.21. The molecule has 0 aliphatic carbocycles. The Balaban J connectivity index is -0.000000608. The van der Waals surface area contributed by atoms with Gasteiger partial charge >= 0.3 is 58.9 Å². The Bertz CT molecular complexity index is 2130. The molecule has 1 aromatic rings. The molecule has 0 saturated carbocycles. The lowest BCUT2D eigenvalue weighted by molar-refractivity contribution is -0.179. The summed E-state index contributed by atoms with van der Waals surface area (Å²) < 4.78 is 49.6. The predicted octanol–water partition coefficient (Wildman–Crippen LogP) is 4.48. The summed E-state index contributed by atoms with van der Waals surface area (Å²) in [4.78, 5) is 120. The molecular formula is C53H97N3O21S9. The van der Waals surface area contributed by atoms with Gasteiger partial charge < -0.3 is 53.2 Å². The van der Waals surface area contributed by atoms with Gasteiger partial charge in [0.1, 0.15) is 33.0 Å². The molecule has 8 atom stereocenters. The van der Waals surface area contributed by atoms with Gasteiger partial charge in [-0.3, -0.25) is 33.6 Å². The van der Waals surface area contributed by atoms with Crippen LogP contribution in [0.3, 0.4) is 0 Å². The molecule has 1 heterocycles. The number of rotatable bonds is 42. The summed E-state index contributed by atoms with van der Waals surface area (Å²) in [6.07, 6.45) is 5.07. The Labute approximate surface area is 555 Å². The number of nitrogens with zero attached hydrogens (tertiary/aromatic N) is 3. The molecule has 0 bridgehead atoms. The van der Waals surface area contributed by atoms with Crippen molar-refractivity contribution in [3.63, 3.8) is 0 Å². The van der Waals surface area contributed by atoms with E-state index in [1.54, 1.807) is 34.0 Å². The highest BCUT2D eigenvalue weighted by Crippen LogP contribution is 2.24. The Kier molecular flexibility index (Phi) is 55.9. The van der Waals surface area contributed by atoms with Crippen molar-refractivity contribution in [3.8, 4) is 0 Å². The van der Waals surface area contributed by atoms with Crippen molar-refractivity contribution in [1.29, 1.82) is 0 Å². The fourth-order valence-corrected chi connectivity index (χ4v) is 7.73. The van der Waals surface area contributed by atoms with Crippen molar-refractivity contribution in [2.45, 2.75) is 189 Å². The quantitative estimate of drug-likeness (QED) is 0.0147. The van der Waals surface area contributed by atoms with Crippen molar-refractivity contribution in [2.24, 2.45) is 5.41 Å². The predicted molar refractivity (Wildman–Crippen MR) is 359 cm³/mol. The van der Waals surface area contributed by atoms with Gasteiger partial charge in [0.25, 0.3) is 0 Å². The van der Waals surface area contributed by atoms with Gasteiger partial charge in [0.2, 0.25) is 0 Å². The minimum absolute atomic E-state index is 0. The topological polar surface area (TPSA) is 320 Å². The second-order valence-corrected chi connectivity index (χ2v) is 27.0. The molecule has 33 heteroatoms. The SMILES string of the molecule is CC(S)CC(=O)OCCCCOC(=O)CC(C)S.CCCC(O)OCC(COCCC(C)S)(COC(=O)CC(C)S)COC(=O)CC(C)S.CSCC(=O)OCCn1c(=O)n(CCOC(=O)CC(C)S)c(=O)n(CCOC(=O)CC(C)S)c1=O.O.S. The van der Waals surface area contributed by atoms with Crippen LogP contribution in [0.25, 0.3) is 0 Å². The molecule has 24 nitrogen and oxygen atoms in total. The first-order chi connectivity index (χ1) is 39.4. The molecule has 8 unspecified atom stereocenters. The number of thiol groups is 7. The number of carbonyl (C=O) groups is 7. The van der Waals surface area contributed by atoms with Crippen LogP contribution in [-0.2, 0) is 95.8 Å². The first-order valence-electron chi connectivity index (χ1n) is 27.5. The van der Waals surface area contributed by atoms with Crippen LogP contribution in [-0.4, -0.2) is 187 Å².